The number of carbonyl (C=O) groups is 2. The van der Waals surface area contributed by atoms with Gasteiger partial charge in [0, 0.05) is 7.05 Å². The third-order valence-corrected chi connectivity index (χ3v) is 5.31. The van der Waals surface area contributed by atoms with Gasteiger partial charge in [0.05, 0.1) is 13.9 Å². The third kappa shape index (κ3) is 3.89. The number of carboxylic acids is 1. The zero-order chi connectivity index (χ0) is 16.4. The second kappa shape index (κ2) is 7.12. The Morgan fingerprint density at radius 2 is 2.05 bits per heavy atom. The van der Waals surface area contributed by atoms with Crippen molar-refractivity contribution in [2.75, 3.05) is 13.7 Å². The van der Waals surface area contributed by atoms with Crippen molar-refractivity contribution in [2.24, 2.45) is 0 Å². The van der Waals surface area contributed by atoms with E-state index in [2.05, 4.69) is 31.9 Å². The van der Waals surface area contributed by atoms with Crippen LogP contribution in [0.25, 0.3) is 6.08 Å². The number of aliphatic carboxylic acids is 1. The number of likely N-dealkylation sites (N-methyl/N-ethyl adjacent to an activating group) is 1. The Bertz CT molecular complexity index is 682. The number of carboxylic acid groups (broad SMARTS) is 1. The second-order valence-corrected chi connectivity index (χ2v) is 7.62. The van der Waals surface area contributed by atoms with Crippen LogP contribution in [0.2, 0.25) is 0 Å². The predicted octanol–water partition coefficient (Wildman–Crippen LogP) is 3.51. The topological polar surface area (TPSA) is 66.8 Å². The van der Waals surface area contributed by atoms with Crippen LogP contribution in [0.4, 0.5) is 0 Å². The van der Waals surface area contributed by atoms with Crippen LogP contribution in [0.1, 0.15) is 5.56 Å². The van der Waals surface area contributed by atoms with E-state index in [0.717, 1.165) is 5.56 Å². The van der Waals surface area contributed by atoms with Gasteiger partial charge in [-0.15, -0.1) is 0 Å². The third-order valence-electron chi connectivity index (χ3n) is 2.64. The maximum Gasteiger partial charge on any atom is 0.341 e. The number of benzene rings is 1. The van der Waals surface area contributed by atoms with Crippen LogP contribution < -0.4 is 4.74 Å². The summed E-state index contributed by atoms with van der Waals surface area (Å²) in [7, 11) is 1.63. The monoisotopic (exact) mass is 465 g/mol. The molecule has 0 bridgehead atoms. The summed E-state index contributed by atoms with van der Waals surface area (Å²) < 4.78 is 6.87. The molecule has 0 aromatic heterocycles. The van der Waals surface area contributed by atoms with Crippen LogP contribution in [0.5, 0.6) is 5.75 Å². The molecule has 1 heterocycles. The SMILES string of the molecule is CN1C(=O)C(=Cc2cc(Br)c(OCC(=O)O)c(Br)c2)SC1=S. The average Bonchev–Trinajstić information content (AvgIpc) is 2.65. The van der Waals surface area contributed by atoms with E-state index in [9.17, 15) is 9.59 Å². The first-order valence-corrected chi connectivity index (χ1v) is 8.66. The smallest absolute Gasteiger partial charge is 0.341 e. The van der Waals surface area contributed by atoms with Gasteiger partial charge in [0.15, 0.2) is 6.61 Å². The fourth-order valence-corrected chi connectivity index (χ4v) is 4.26. The highest BCUT2D eigenvalue weighted by Crippen LogP contribution is 2.37. The van der Waals surface area contributed by atoms with E-state index in [4.69, 9.17) is 22.1 Å². The molecule has 1 aliphatic heterocycles. The predicted molar refractivity (Wildman–Crippen MR) is 95.9 cm³/mol. The number of rotatable bonds is 4. The molecule has 1 fully saturated rings. The molecular weight excluding hydrogens is 458 g/mol. The molecule has 1 aliphatic rings. The molecule has 0 spiro atoms. The van der Waals surface area contributed by atoms with Crippen molar-refractivity contribution in [3.63, 3.8) is 0 Å². The molecule has 116 valence electrons. The minimum atomic E-state index is -1.06. The van der Waals surface area contributed by atoms with Crippen molar-refractivity contribution in [1.29, 1.82) is 0 Å². The Morgan fingerprint density at radius 1 is 1.45 bits per heavy atom. The summed E-state index contributed by atoms with van der Waals surface area (Å²) in [5, 5.41) is 8.66. The molecule has 1 aromatic rings. The van der Waals surface area contributed by atoms with Crippen molar-refractivity contribution in [3.05, 3.63) is 31.5 Å². The zero-order valence-electron chi connectivity index (χ0n) is 11.1. The largest absolute Gasteiger partial charge is 0.480 e. The van der Waals surface area contributed by atoms with Gasteiger partial charge < -0.3 is 9.84 Å². The van der Waals surface area contributed by atoms with Gasteiger partial charge in [-0.25, -0.2) is 4.79 Å². The number of nitrogens with zero attached hydrogens (tertiary/aromatic N) is 1. The number of hydrogen-bond donors (Lipinski definition) is 1. The van der Waals surface area contributed by atoms with Crippen molar-refractivity contribution in [1.82, 2.24) is 4.90 Å². The molecule has 5 nitrogen and oxygen atoms in total. The lowest BCUT2D eigenvalue weighted by Gasteiger charge is -2.09. The van der Waals surface area contributed by atoms with Crippen LogP contribution in [0.3, 0.4) is 0 Å². The standard InChI is InChI=1S/C13H9Br2NO4S2/c1-16-12(19)9(22-13(16)21)4-6-2-7(14)11(8(15)3-6)20-5-10(17)18/h2-4H,5H2,1H3,(H,17,18). The first kappa shape index (κ1) is 17.5. The molecule has 1 amide bonds. The summed E-state index contributed by atoms with van der Waals surface area (Å²) >= 11 is 13.0. The molecule has 1 N–H and O–H groups in total. The molecule has 9 heteroatoms. The molecule has 0 saturated carbocycles. The molecule has 1 aromatic carbocycles. The first-order chi connectivity index (χ1) is 10.3. The van der Waals surface area contributed by atoms with Gasteiger partial charge in [0.2, 0.25) is 0 Å². The van der Waals surface area contributed by atoms with Gasteiger partial charge in [0.25, 0.3) is 5.91 Å². The van der Waals surface area contributed by atoms with Crippen LogP contribution in [0, 0.1) is 0 Å². The Hall–Kier alpha value is -0.900. The van der Waals surface area contributed by atoms with Gasteiger partial charge in [-0.2, -0.15) is 0 Å². The highest BCUT2D eigenvalue weighted by Gasteiger charge is 2.28. The number of amides is 1. The van der Waals surface area contributed by atoms with Gasteiger partial charge in [0.1, 0.15) is 10.1 Å². The summed E-state index contributed by atoms with van der Waals surface area (Å²) in [6.45, 7) is -0.439. The first-order valence-electron chi connectivity index (χ1n) is 5.85. The van der Waals surface area contributed by atoms with E-state index in [1.165, 1.54) is 16.7 Å². The summed E-state index contributed by atoms with van der Waals surface area (Å²) in [6.07, 6.45) is 1.72. The van der Waals surface area contributed by atoms with Gasteiger partial charge in [-0.1, -0.05) is 24.0 Å². The van der Waals surface area contributed by atoms with Crippen LogP contribution >= 0.6 is 55.8 Å². The molecule has 0 aliphatic carbocycles. The highest BCUT2D eigenvalue weighted by atomic mass is 79.9. The van der Waals surface area contributed by atoms with E-state index in [-0.39, 0.29) is 5.91 Å². The van der Waals surface area contributed by atoms with E-state index in [0.29, 0.717) is 23.9 Å². The Kier molecular flexibility index (Phi) is 5.65. The van der Waals surface area contributed by atoms with Crippen molar-refractivity contribution < 1.29 is 19.4 Å². The van der Waals surface area contributed by atoms with Crippen molar-refractivity contribution in [2.45, 2.75) is 0 Å². The van der Waals surface area contributed by atoms with Gasteiger partial charge in [-0.05, 0) is 55.6 Å². The van der Waals surface area contributed by atoms with Crippen LogP contribution in [-0.4, -0.2) is 39.9 Å². The highest BCUT2D eigenvalue weighted by molar-refractivity contribution is 9.11. The number of thiocarbonyl (C=S) groups is 1. The summed E-state index contributed by atoms with van der Waals surface area (Å²) in [5.74, 6) is -0.814. The van der Waals surface area contributed by atoms with Crippen LogP contribution in [0.15, 0.2) is 26.0 Å². The minimum Gasteiger partial charge on any atom is -0.480 e. The Balaban J connectivity index is 2.29. The fourth-order valence-electron chi connectivity index (χ4n) is 1.63. The number of thioether (sulfide) groups is 1. The van der Waals surface area contributed by atoms with Crippen LogP contribution in [-0.2, 0) is 9.59 Å². The number of ether oxygens (including phenoxy) is 1. The molecule has 0 radical (unpaired) electrons. The van der Waals surface area contributed by atoms with Crippen molar-refractivity contribution >= 4 is 78.1 Å². The van der Waals surface area contributed by atoms with Gasteiger partial charge >= 0.3 is 5.97 Å². The molecule has 0 unspecified atom stereocenters. The Labute approximate surface area is 152 Å². The van der Waals surface area contributed by atoms with Gasteiger partial charge in [-0.3, -0.25) is 9.69 Å². The Morgan fingerprint density at radius 3 is 2.50 bits per heavy atom. The summed E-state index contributed by atoms with van der Waals surface area (Å²) in [4.78, 5) is 24.5. The fraction of sp³-hybridized carbons (Fsp3) is 0.154. The normalized spacial score (nSPS) is 16.5. The number of carbonyl (C=O) groups excluding carboxylic acids is 1. The van der Waals surface area contributed by atoms with E-state index in [1.807, 2.05) is 0 Å². The summed E-state index contributed by atoms with van der Waals surface area (Å²) in [6, 6.07) is 3.48. The second-order valence-electron chi connectivity index (χ2n) is 4.24. The maximum absolute atomic E-state index is 12.0. The quantitative estimate of drug-likeness (QED) is 0.541. The summed E-state index contributed by atoms with van der Waals surface area (Å²) in [5.41, 5.74) is 0.760. The molecule has 22 heavy (non-hydrogen) atoms. The zero-order valence-corrected chi connectivity index (χ0v) is 15.9. The molecular formula is C13H9Br2NO4S2. The van der Waals surface area contributed by atoms with E-state index < -0.39 is 12.6 Å². The number of hydrogen-bond acceptors (Lipinski definition) is 5. The lowest BCUT2D eigenvalue weighted by Crippen LogP contribution is -2.22. The number of halogens is 2. The average molecular weight is 467 g/mol. The lowest BCUT2D eigenvalue weighted by atomic mass is 10.2. The van der Waals surface area contributed by atoms with E-state index in [1.54, 1.807) is 25.3 Å². The van der Waals surface area contributed by atoms with E-state index >= 15 is 0 Å². The van der Waals surface area contributed by atoms with Crippen molar-refractivity contribution in [3.8, 4) is 5.75 Å². The lowest BCUT2D eigenvalue weighted by molar-refractivity contribution is -0.139. The molecule has 2 rings (SSSR count). The maximum atomic E-state index is 12.0. The molecule has 1 saturated heterocycles. The molecule has 0 atom stereocenters. The minimum absolute atomic E-state index is 0.145.